The zero-order chi connectivity index (χ0) is 13.1. The summed E-state index contributed by atoms with van der Waals surface area (Å²) in [6, 6.07) is 9.41. The van der Waals surface area contributed by atoms with Crippen LogP contribution in [0.5, 0.6) is 11.5 Å². The lowest BCUT2D eigenvalue weighted by molar-refractivity contribution is 0.480. The predicted molar refractivity (Wildman–Crippen MR) is 75.2 cm³/mol. The van der Waals surface area contributed by atoms with Gasteiger partial charge in [-0.1, -0.05) is 33.6 Å². The number of benzene rings is 2. The fraction of sp³-hybridized carbons (Fsp3) is 0.0769. The Kier molecular flexibility index (Phi) is 4.49. The van der Waals surface area contributed by atoms with Gasteiger partial charge in [-0.15, -0.1) is 11.6 Å². The summed E-state index contributed by atoms with van der Waals surface area (Å²) in [6.07, 6.45) is 0. The van der Waals surface area contributed by atoms with Crippen LogP contribution in [0, 0.1) is 5.82 Å². The molecule has 0 saturated heterocycles. The molecule has 0 N–H and O–H groups in total. The Hall–Kier alpha value is -0.770. The van der Waals surface area contributed by atoms with Gasteiger partial charge in [0.15, 0.2) is 0 Å². The molecular formula is C13H8BrCl2FO. The molecule has 18 heavy (non-hydrogen) atoms. The number of hydrogen-bond donors (Lipinski definition) is 0. The third-order valence-electron chi connectivity index (χ3n) is 2.29. The van der Waals surface area contributed by atoms with Crippen molar-refractivity contribution in [3.8, 4) is 11.5 Å². The molecule has 0 radical (unpaired) electrons. The van der Waals surface area contributed by atoms with Gasteiger partial charge in [0.2, 0.25) is 0 Å². The number of hydrogen-bond acceptors (Lipinski definition) is 1. The van der Waals surface area contributed by atoms with Gasteiger partial charge in [-0.05, 0) is 35.9 Å². The molecule has 0 bridgehead atoms. The lowest BCUT2D eigenvalue weighted by Crippen LogP contribution is -1.88. The van der Waals surface area contributed by atoms with E-state index in [1.54, 1.807) is 12.1 Å². The molecule has 0 atom stereocenters. The quantitative estimate of drug-likeness (QED) is 0.639. The van der Waals surface area contributed by atoms with E-state index in [0.29, 0.717) is 17.4 Å². The molecule has 0 unspecified atom stereocenters. The molecule has 0 heterocycles. The van der Waals surface area contributed by atoms with Gasteiger partial charge in [-0.2, -0.15) is 0 Å². The van der Waals surface area contributed by atoms with Crippen LogP contribution in [0.2, 0.25) is 5.02 Å². The molecule has 1 nitrogen and oxygen atoms in total. The first kappa shape index (κ1) is 13.7. The van der Waals surface area contributed by atoms with Crippen LogP contribution in [-0.2, 0) is 5.88 Å². The molecule has 0 saturated carbocycles. The highest BCUT2D eigenvalue weighted by molar-refractivity contribution is 9.10. The largest absolute Gasteiger partial charge is 0.456 e. The lowest BCUT2D eigenvalue weighted by Gasteiger charge is -2.09. The fourth-order valence-corrected chi connectivity index (χ4v) is 2.48. The van der Waals surface area contributed by atoms with Crippen LogP contribution >= 0.6 is 39.1 Å². The molecule has 2 rings (SSSR count). The van der Waals surface area contributed by atoms with Gasteiger partial charge in [-0.3, -0.25) is 0 Å². The van der Waals surface area contributed by atoms with E-state index in [9.17, 15) is 4.39 Å². The summed E-state index contributed by atoms with van der Waals surface area (Å²) in [4.78, 5) is 0. The predicted octanol–water partition coefficient (Wildman–Crippen LogP) is 5.77. The molecule has 0 amide bonds. The van der Waals surface area contributed by atoms with Crippen LogP contribution in [0.15, 0.2) is 40.9 Å². The molecular weight excluding hydrogens is 342 g/mol. The summed E-state index contributed by atoms with van der Waals surface area (Å²) >= 11 is 15.0. The molecule has 0 aliphatic carbocycles. The van der Waals surface area contributed by atoms with E-state index >= 15 is 0 Å². The Labute approximate surface area is 123 Å². The summed E-state index contributed by atoms with van der Waals surface area (Å²) in [6.45, 7) is 0. The summed E-state index contributed by atoms with van der Waals surface area (Å²) in [5, 5.41) is 0.229. The fourth-order valence-electron chi connectivity index (χ4n) is 1.38. The molecule has 0 aliphatic rings. The second-order valence-electron chi connectivity index (χ2n) is 3.56. The minimum absolute atomic E-state index is 0.229. The van der Waals surface area contributed by atoms with Crippen molar-refractivity contribution in [1.29, 1.82) is 0 Å². The van der Waals surface area contributed by atoms with Gasteiger partial charge in [0.1, 0.15) is 17.3 Å². The summed E-state index contributed by atoms with van der Waals surface area (Å²) in [5.74, 6) is 1.02. The summed E-state index contributed by atoms with van der Waals surface area (Å²) < 4.78 is 19.3. The van der Waals surface area contributed by atoms with E-state index in [4.69, 9.17) is 27.9 Å². The highest BCUT2D eigenvalue weighted by atomic mass is 79.9. The molecule has 5 heteroatoms. The van der Waals surface area contributed by atoms with Crippen LogP contribution < -0.4 is 4.74 Å². The monoisotopic (exact) mass is 348 g/mol. The zero-order valence-electron chi connectivity index (χ0n) is 9.09. The van der Waals surface area contributed by atoms with E-state index in [1.165, 1.54) is 18.2 Å². The van der Waals surface area contributed by atoms with Crippen molar-refractivity contribution in [1.82, 2.24) is 0 Å². The maximum atomic E-state index is 12.9. The highest BCUT2D eigenvalue weighted by Gasteiger charge is 2.06. The summed E-state index contributed by atoms with van der Waals surface area (Å²) in [7, 11) is 0. The Bertz CT molecular complexity index is 575. The van der Waals surface area contributed by atoms with Crippen molar-refractivity contribution in [2.45, 2.75) is 5.88 Å². The number of ether oxygens (including phenoxy) is 1. The van der Waals surface area contributed by atoms with Gasteiger partial charge in [0.25, 0.3) is 0 Å². The van der Waals surface area contributed by atoms with Crippen molar-refractivity contribution in [2.75, 3.05) is 0 Å². The normalized spacial score (nSPS) is 10.4. The van der Waals surface area contributed by atoms with Crippen LogP contribution in [0.4, 0.5) is 4.39 Å². The van der Waals surface area contributed by atoms with Crippen LogP contribution in [0.3, 0.4) is 0 Å². The van der Waals surface area contributed by atoms with Crippen molar-refractivity contribution in [3.05, 3.63) is 57.3 Å². The standard InChI is InChI=1S/C13H8BrCl2FO/c14-11-6-10(3-1-8(11)7-15)18-13-4-2-9(17)5-12(13)16/h1-6H,7H2. The van der Waals surface area contributed by atoms with Gasteiger partial charge >= 0.3 is 0 Å². The van der Waals surface area contributed by atoms with E-state index in [2.05, 4.69) is 15.9 Å². The minimum atomic E-state index is -0.397. The molecule has 0 aliphatic heterocycles. The first-order valence-corrected chi connectivity index (χ1v) is 6.78. The Morgan fingerprint density at radius 2 is 1.94 bits per heavy atom. The van der Waals surface area contributed by atoms with Crippen molar-refractivity contribution >= 4 is 39.1 Å². The van der Waals surface area contributed by atoms with Crippen LogP contribution in [0.25, 0.3) is 0 Å². The Morgan fingerprint density at radius 3 is 2.56 bits per heavy atom. The van der Waals surface area contributed by atoms with Crippen molar-refractivity contribution in [3.63, 3.8) is 0 Å². The first-order chi connectivity index (χ1) is 8.60. The van der Waals surface area contributed by atoms with E-state index in [1.807, 2.05) is 6.07 Å². The van der Waals surface area contributed by atoms with Crippen molar-refractivity contribution in [2.24, 2.45) is 0 Å². The maximum absolute atomic E-state index is 12.9. The van der Waals surface area contributed by atoms with Crippen LogP contribution in [-0.4, -0.2) is 0 Å². The topological polar surface area (TPSA) is 9.23 Å². The molecule has 2 aromatic rings. The zero-order valence-corrected chi connectivity index (χ0v) is 12.2. The summed E-state index contributed by atoms with van der Waals surface area (Å²) in [5.41, 5.74) is 0.967. The van der Waals surface area contributed by atoms with Crippen molar-refractivity contribution < 1.29 is 9.13 Å². The number of rotatable bonds is 3. The second kappa shape index (κ2) is 5.91. The first-order valence-electron chi connectivity index (χ1n) is 5.07. The van der Waals surface area contributed by atoms with E-state index < -0.39 is 5.82 Å². The average Bonchev–Trinajstić information content (AvgIpc) is 2.33. The van der Waals surface area contributed by atoms with Crippen LogP contribution in [0.1, 0.15) is 5.56 Å². The Morgan fingerprint density at radius 1 is 1.17 bits per heavy atom. The third-order valence-corrected chi connectivity index (χ3v) is 3.61. The molecule has 0 fully saturated rings. The van der Waals surface area contributed by atoms with Gasteiger partial charge in [0, 0.05) is 10.4 Å². The van der Waals surface area contributed by atoms with E-state index in [-0.39, 0.29) is 5.02 Å². The molecule has 0 aromatic heterocycles. The SMILES string of the molecule is Fc1ccc(Oc2ccc(CCl)c(Br)c2)c(Cl)c1. The minimum Gasteiger partial charge on any atom is -0.456 e. The molecule has 0 spiro atoms. The number of halogens is 4. The smallest absolute Gasteiger partial charge is 0.146 e. The second-order valence-corrected chi connectivity index (χ2v) is 5.09. The molecule has 2 aromatic carbocycles. The number of alkyl halides is 1. The third kappa shape index (κ3) is 3.16. The Balaban J connectivity index is 2.26. The maximum Gasteiger partial charge on any atom is 0.146 e. The lowest BCUT2D eigenvalue weighted by atomic mass is 10.2. The van der Waals surface area contributed by atoms with Gasteiger partial charge in [-0.25, -0.2) is 4.39 Å². The average molecular weight is 350 g/mol. The van der Waals surface area contributed by atoms with Gasteiger partial charge < -0.3 is 4.74 Å². The van der Waals surface area contributed by atoms with Gasteiger partial charge in [0.05, 0.1) is 5.02 Å². The highest BCUT2D eigenvalue weighted by Crippen LogP contribution is 2.32. The van der Waals surface area contributed by atoms with E-state index in [0.717, 1.165) is 10.0 Å². The molecule has 94 valence electrons.